The van der Waals surface area contributed by atoms with Gasteiger partial charge in [0.15, 0.2) is 0 Å². The third-order valence-electron chi connectivity index (χ3n) is 6.66. The van der Waals surface area contributed by atoms with Gasteiger partial charge in [0, 0.05) is 42.7 Å². The number of rotatable bonds is 5. The molecule has 1 amide bonds. The lowest BCUT2D eigenvalue weighted by Gasteiger charge is -2.29. The molecule has 2 aliphatic heterocycles. The fourth-order valence-corrected chi connectivity index (χ4v) is 5.39. The van der Waals surface area contributed by atoms with Gasteiger partial charge in [-0.3, -0.25) is 9.89 Å². The quantitative estimate of drug-likeness (QED) is 0.577. The monoisotopic (exact) mass is 473 g/mol. The number of likely N-dealkylation sites (tertiary alicyclic amines) is 1. The van der Waals surface area contributed by atoms with E-state index in [2.05, 4.69) is 15.1 Å². The molecule has 2 saturated heterocycles. The Bertz CT molecular complexity index is 1140. The summed E-state index contributed by atoms with van der Waals surface area (Å²) in [5.74, 6) is 0.892. The van der Waals surface area contributed by atoms with Crippen molar-refractivity contribution in [1.82, 2.24) is 20.1 Å². The zero-order valence-corrected chi connectivity index (χ0v) is 19.1. The van der Waals surface area contributed by atoms with Gasteiger partial charge in [0.2, 0.25) is 5.91 Å². The standard InChI is InChI=1S/C23H25Cl2N5O2/c24-19-6-5-17-18(14-11-26-27-12-14)10-20(28-23(17)22(19)25)29-7-1-3-15(29)9-21(32)30-8-2-4-16(30)13-31/h5-6,10-12,15-16,31H,1-4,7-9,13H2,(H,26,27)/t15-,16-/m0/s1. The van der Waals surface area contributed by atoms with Crippen molar-refractivity contribution in [2.75, 3.05) is 24.6 Å². The van der Waals surface area contributed by atoms with E-state index in [-0.39, 0.29) is 24.6 Å². The van der Waals surface area contributed by atoms with Crippen molar-refractivity contribution in [3.05, 3.63) is 40.6 Å². The van der Waals surface area contributed by atoms with Crippen LogP contribution in [0.15, 0.2) is 30.6 Å². The van der Waals surface area contributed by atoms with Gasteiger partial charge in [-0.1, -0.05) is 29.3 Å². The normalized spacial score (nSPS) is 21.1. The number of nitrogens with one attached hydrogen (secondary N) is 1. The second-order valence-electron chi connectivity index (χ2n) is 8.53. The van der Waals surface area contributed by atoms with Crippen LogP contribution in [0.1, 0.15) is 32.1 Å². The number of amides is 1. The molecule has 0 spiro atoms. The Morgan fingerprint density at radius 2 is 2.00 bits per heavy atom. The zero-order chi connectivity index (χ0) is 22.2. The molecular weight excluding hydrogens is 449 g/mol. The number of aromatic amines is 1. The van der Waals surface area contributed by atoms with Crippen LogP contribution in [0.25, 0.3) is 22.0 Å². The minimum absolute atomic E-state index is 0.0275. The Morgan fingerprint density at radius 3 is 2.78 bits per heavy atom. The molecule has 2 aromatic heterocycles. The number of hydrogen-bond donors (Lipinski definition) is 2. The molecule has 168 valence electrons. The molecule has 2 N–H and O–H groups in total. The molecule has 0 saturated carbocycles. The smallest absolute Gasteiger partial charge is 0.224 e. The van der Waals surface area contributed by atoms with E-state index in [4.69, 9.17) is 28.2 Å². The highest BCUT2D eigenvalue weighted by Gasteiger charge is 2.33. The molecule has 0 radical (unpaired) electrons. The first kappa shape index (κ1) is 21.5. The van der Waals surface area contributed by atoms with Gasteiger partial charge in [-0.05, 0) is 43.4 Å². The maximum absolute atomic E-state index is 13.0. The maximum Gasteiger partial charge on any atom is 0.224 e. The van der Waals surface area contributed by atoms with Crippen LogP contribution in [0.5, 0.6) is 0 Å². The van der Waals surface area contributed by atoms with E-state index in [0.717, 1.165) is 61.1 Å². The lowest BCUT2D eigenvalue weighted by Crippen LogP contribution is -2.41. The Morgan fingerprint density at radius 1 is 1.19 bits per heavy atom. The largest absolute Gasteiger partial charge is 0.394 e. The van der Waals surface area contributed by atoms with Crippen molar-refractivity contribution in [2.24, 2.45) is 0 Å². The van der Waals surface area contributed by atoms with E-state index in [1.54, 1.807) is 12.3 Å². The van der Waals surface area contributed by atoms with Crippen LogP contribution < -0.4 is 4.90 Å². The van der Waals surface area contributed by atoms with Crippen molar-refractivity contribution in [3.63, 3.8) is 0 Å². The van der Waals surface area contributed by atoms with E-state index in [0.29, 0.717) is 22.0 Å². The average Bonchev–Trinajstić information content (AvgIpc) is 3.57. The number of fused-ring (bicyclic) bond motifs is 1. The number of carbonyl (C=O) groups is 1. The van der Waals surface area contributed by atoms with Crippen LogP contribution in [0.3, 0.4) is 0 Å². The van der Waals surface area contributed by atoms with Gasteiger partial charge in [0.25, 0.3) is 0 Å². The van der Waals surface area contributed by atoms with Crippen LogP contribution >= 0.6 is 23.2 Å². The first-order chi connectivity index (χ1) is 15.6. The Balaban J connectivity index is 1.50. The highest BCUT2D eigenvalue weighted by atomic mass is 35.5. The molecule has 2 atom stereocenters. The molecule has 2 fully saturated rings. The molecule has 32 heavy (non-hydrogen) atoms. The highest BCUT2D eigenvalue weighted by molar-refractivity contribution is 6.45. The number of anilines is 1. The van der Waals surface area contributed by atoms with E-state index >= 15 is 0 Å². The molecule has 0 aliphatic carbocycles. The zero-order valence-electron chi connectivity index (χ0n) is 17.6. The second-order valence-corrected chi connectivity index (χ2v) is 9.32. The number of benzene rings is 1. The van der Waals surface area contributed by atoms with Gasteiger partial charge in [0.05, 0.1) is 34.4 Å². The van der Waals surface area contributed by atoms with Crippen LogP contribution in [-0.2, 0) is 4.79 Å². The minimum Gasteiger partial charge on any atom is -0.394 e. The molecule has 2 aliphatic rings. The summed E-state index contributed by atoms with van der Waals surface area (Å²) in [6.45, 7) is 1.58. The molecule has 4 heterocycles. The Kier molecular flexibility index (Phi) is 5.97. The van der Waals surface area contributed by atoms with Crippen molar-refractivity contribution in [3.8, 4) is 11.1 Å². The molecular formula is C23H25Cl2N5O2. The van der Waals surface area contributed by atoms with Gasteiger partial charge in [-0.15, -0.1) is 0 Å². The summed E-state index contributed by atoms with van der Waals surface area (Å²) in [7, 11) is 0. The predicted octanol–water partition coefficient (Wildman–Crippen LogP) is 4.27. The molecule has 3 aromatic rings. The Hall–Kier alpha value is -2.35. The van der Waals surface area contributed by atoms with Crippen LogP contribution in [-0.4, -0.2) is 62.9 Å². The topological polar surface area (TPSA) is 85.4 Å². The minimum atomic E-state index is -0.0511. The van der Waals surface area contributed by atoms with Crippen LogP contribution in [0.2, 0.25) is 10.0 Å². The van der Waals surface area contributed by atoms with E-state index < -0.39 is 0 Å². The fraction of sp³-hybridized carbons (Fsp3) is 0.435. The number of halogens is 2. The number of H-pyrrole nitrogens is 1. The Labute approximate surface area is 196 Å². The summed E-state index contributed by atoms with van der Waals surface area (Å²) >= 11 is 12.9. The fourth-order valence-electron chi connectivity index (χ4n) is 5.03. The van der Waals surface area contributed by atoms with Gasteiger partial charge >= 0.3 is 0 Å². The SMILES string of the molecule is O=C(C[C@@H]1CCCN1c1cc(-c2cn[nH]c2)c2ccc(Cl)c(Cl)c2n1)N1CCC[C@H]1CO. The average molecular weight is 474 g/mol. The number of aliphatic hydroxyl groups is 1. The van der Waals surface area contributed by atoms with E-state index in [9.17, 15) is 9.90 Å². The van der Waals surface area contributed by atoms with E-state index in [1.165, 1.54) is 0 Å². The number of pyridine rings is 1. The van der Waals surface area contributed by atoms with Crippen LogP contribution in [0, 0.1) is 0 Å². The lowest BCUT2D eigenvalue weighted by molar-refractivity contribution is -0.133. The number of aromatic nitrogens is 3. The van der Waals surface area contributed by atoms with Crippen LogP contribution in [0.4, 0.5) is 5.82 Å². The summed E-state index contributed by atoms with van der Waals surface area (Å²) in [6.07, 6.45) is 7.77. The summed E-state index contributed by atoms with van der Waals surface area (Å²) in [5.41, 5.74) is 2.55. The molecule has 9 heteroatoms. The summed E-state index contributed by atoms with van der Waals surface area (Å²) in [6, 6.07) is 5.76. The van der Waals surface area contributed by atoms with Crippen molar-refractivity contribution in [2.45, 2.75) is 44.2 Å². The maximum atomic E-state index is 13.0. The first-order valence-corrected chi connectivity index (χ1v) is 11.8. The van der Waals surface area contributed by atoms with Crippen molar-refractivity contribution in [1.29, 1.82) is 0 Å². The van der Waals surface area contributed by atoms with Crippen molar-refractivity contribution < 1.29 is 9.90 Å². The molecule has 5 rings (SSSR count). The highest BCUT2D eigenvalue weighted by Crippen LogP contribution is 2.39. The number of hydrogen-bond acceptors (Lipinski definition) is 5. The van der Waals surface area contributed by atoms with Gasteiger partial charge in [-0.2, -0.15) is 5.10 Å². The molecule has 0 unspecified atom stereocenters. The third-order valence-corrected chi connectivity index (χ3v) is 7.45. The number of aliphatic hydroxyl groups excluding tert-OH is 1. The summed E-state index contributed by atoms with van der Waals surface area (Å²) < 4.78 is 0. The molecule has 0 bridgehead atoms. The van der Waals surface area contributed by atoms with E-state index in [1.807, 2.05) is 23.2 Å². The van der Waals surface area contributed by atoms with Crippen molar-refractivity contribution >= 4 is 45.8 Å². The molecule has 7 nitrogen and oxygen atoms in total. The number of carbonyl (C=O) groups excluding carboxylic acids is 1. The summed E-state index contributed by atoms with van der Waals surface area (Å²) in [5, 5.41) is 18.3. The molecule has 1 aromatic carbocycles. The lowest BCUT2D eigenvalue weighted by atomic mass is 10.0. The van der Waals surface area contributed by atoms with Gasteiger partial charge in [0.1, 0.15) is 5.82 Å². The summed E-state index contributed by atoms with van der Waals surface area (Å²) in [4.78, 5) is 22.0. The predicted molar refractivity (Wildman–Crippen MR) is 126 cm³/mol. The van der Waals surface area contributed by atoms with Gasteiger partial charge < -0.3 is 14.9 Å². The first-order valence-electron chi connectivity index (χ1n) is 11.0. The van der Waals surface area contributed by atoms with Gasteiger partial charge in [-0.25, -0.2) is 4.98 Å². The number of nitrogens with zero attached hydrogens (tertiary/aromatic N) is 4. The second kappa shape index (κ2) is 8.89. The third kappa shape index (κ3) is 3.83.